The number of rotatable bonds is 7. The average molecular weight is 456 g/mol. The van der Waals surface area contributed by atoms with Crippen molar-refractivity contribution < 1.29 is 23.9 Å². The summed E-state index contributed by atoms with van der Waals surface area (Å²) in [6.07, 6.45) is 1.49. The van der Waals surface area contributed by atoms with Crippen LogP contribution in [0, 0.1) is 0 Å². The second-order valence-electron chi connectivity index (χ2n) is 9.52. The number of esters is 1. The van der Waals surface area contributed by atoms with Crippen molar-refractivity contribution in [2.45, 2.75) is 52.2 Å². The Morgan fingerprint density at radius 1 is 1.12 bits per heavy atom. The van der Waals surface area contributed by atoms with Gasteiger partial charge in [-0.2, -0.15) is 0 Å². The number of Topliss-reactive ketones (excluding diaryl/α,β-unsaturated/α-hetero) is 1. The molecule has 0 bridgehead atoms. The summed E-state index contributed by atoms with van der Waals surface area (Å²) in [5.41, 5.74) is 2.85. The molecule has 1 aliphatic rings. The average Bonchev–Trinajstić information content (AvgIpc) is 3.07. The van der Waals surface area contributed by atoms with Gasteiger partial charge < -0.3 is 18.9 Å². The number of hydrogen-bond acceptors (Lipinski definition) is 6. The van der Waals surface area contributed by atoms with Gasteiger partial charge in [0.1, 0.15) is 17.9 Å². The molecule has 0 fully saturated rings. The minimum absolute atomic E-state index is 0.0641. The van der Waals surface area contributed by atoms with E-state index in [4.69, 9.17) is 9.47 Å². The fourth-order valence-corrected chi connectivity index (χ4v) is 3.69. The maximum absolute atomic E-state index is 12.8. The molecule has 8 heteroatoms. The summed E-state index contributed by atoms with van der Waals surface area (Å²) in [4.78, 5) is 39.2. The number of amides is 1. The maximum Gasteiger partial charge on any atom is 0.412 e. The topological polar surface area (TPSA) is 89.9 Å². The van der Waals surface area contributed by atoms with Gasteiger partial charge in [0.2, 0.25) is 0 Å². The normalized spacial score (nSPS) is 13.6. The number of ether oxygens (including phenoxy) is 2. The van der Waals surface area contributed by atoms with Crippen molar-refractivity contribution in [1.82, 2.24) is 9.47 Å². The van der Waals surface area contributed by atoms with Crippen molar-refractivity contribution >= 4 is 23.5 Å². The lowest BCUT2D eigenvalue weighted by Gasteiger charge is -2.20. The summed E-state index contributed by atoms with van der Waals surface area (Å²) >= 11 is 0. The smallest absolute Gasteiger partial charge is 0.412 e. The molecule has 0 unspecified atom stereocenters. The van der Waals surface area contributed by atoms with Crippen LogP contribution >= 0.6 is 0 Å². The van der Waals surface area contributed by atoms with Gasteiger partial charge in [-0.1, -0.05) is 12.1 Å². The van der Waals surface area contributed by atoms with E-state index in [1.807, 2.05) is 35.7 Å². The van der Waals surface area contributed by atoms with E-state index in [1.165, 1.54) is 0 Å². The molecule has 1 aliphatic carbocycles. The first-order valence-electron chi connectivity index (χ1n) is 11.2. The Balaban J connectivity index is 1.78. The Kier molecular flexibility index (Phi) is 7.58. The number of nitrogens with zero attached hydrogens (tertiary/aromatic N) is 2. The summed E-state index contributed by atoms with van der Waals surface area (Å²) in [6, 6.07) is 9.01. The first kappa shape index (κ1) is 24.5. The zero-order valence-electron chi connectivity index (χ0n) is 20.1. The molecule has 0 radical (unpaired) electrons. The molecule has 0 aliphatic heterocycles. The Bertz CT molecular complexity index is 1020. The van der Waals surface area contributed by atoms with Crippen molar-refractivity contribution in [3.63, 3.8) is 0 Å². The number of ketones is 1. The van der Waals surface area contributed by atoms with Crippen LogP contribution in [0.4, 0.5) is 10.5 Å². The molecular weight excluding hydrogens is 422 g/mol. The molecule has 1 aromatic carbocycles. The number of carbonyl (C=O) groups excluding carboxylic acids is 3. The lowest BCUT2D eigenvalue weighted by atomic mass is 9.96. The number of nitrogens with one attached hydrogen (secondary N) is 1. The minimum atomic E-state index is -0.577. The van der Waals surface area contributed by atoms with Crippen LogP contribution in [0.25, 0.3) is 0 Å². The molecule has 1 amide bonds. The van der Waals surface area contributed by atoms with Crippen LogP contribution in [0.15, 0.2) is 30.3 Å². The van der Waals surface area contributed by atoms with Crippen LogP contribution in [0.5, 0.6) is 0 Å². The van der Waals surface area contributed by atoms with Crippen LogP contribution in [0.2, 0.25) is 0 Å². The molecule has 8 nitrogen and oxygen atoms in total. The SMILES string of the molecule is CN(C)CCOC(=O)c1cc2c(n1Cc1ccc(NC(=O)OC(C)(C)C)cc1)CCCC2=O. The van der Waals surface area contributed by atoms with Crippen molar-refractivity contribution in [3.05, 3.63) is 52.8 Å². The fraction of sp³-hybridized carbons (Fsp3) is 0.480. The highest BCUT2D eigenvalue weighted by Crippen LogP contribution is 2.27. The molecule has 0 spiro atoms. The molecular formula is C25H33N3O5. The molecule has 2 aromatic rings. The number of carbonyl (C=O) groups is 3. The van der Waals surface area contributed by atoms with Crippen molar-refractivity contribution in [1.29, 1.82) is 0 Å². The highest BCUT2D eigenvalue weighted by atomic mass is 16.6. The fourth-order valence-electron chi connectivity index (χ4n) is 3.69. The molecule has 3 rings (SSSR count). The van der Waals surface area contributed by atoms with Gasteiger partial charge in [0.25, 0.3) is 0 Å². The summed E-state index contributed by atoms with van der Waals surface area (Å²) in [7, 11) is 3.82. The van der Waals surface area contributed by atoms with E-state index in [-0.39, 0.29) is 12.4 Å². The lowest BCUT2D eigenvalue weighted by molar-refractivity contribution is 0.0469. The molecule has 0 atom stereocenters. The van der Waals surface area contributed by atoms with Crippen molar-refractivity contribution in [3.8, 4) is 0 Å². The summed E-state index contributed by atoms with van der Waals surface area (Å²) < 4.78 is 12.6. The molecule has 0 saturated carbocycles. The second-order valence-corrected chi connectivity index (χ2v) is 9.52. The summed E-state index contributed by atoms with van der Waals surface area (Å²) in [6.45, 7) is 6.75. The Morgan fingerprint density at radius 3 is 2.45 bits per heavy atom. The first-order valence-corrected chi connectivity index (χ1v) is 11.2. The standard InChI is InChI=1S/C25H33N3O5/c1-25(2,3)33-24(31)26-18-11-9-17(10-12-18)16-28-20-7-6-8-22(29)19(20)15-21(28)23(30)32-14-13-27(4)5/h9-12,15H,6-8,13-14,16H2,1-5H3,(H,26,31). The van der Waals surface area contributed by atoms with E-state index in [2.05, 4.69) is 5.32 Å². The van der Waals surface area contributed by atoms with Crippen molar-refractivity contribution in [2.24, 2.45) is 0 Å². The van der Waals surface area contributed by atoms with Crippen LogP contribution in [-0.4, -0.2) is 60.2 Å². The molecule has 1 heterocycles. The third-order valence-electron chi connectivity index (χ3n) is 5.25. The van der Waals surface area contributed by atoms with Gasteiger partial charge in [-0.05, 0) is 71.5 Å². The van der Waals surface area contributed by atoms with E-state index in [0.29, 0.717) is 36.5 Å². The van der Waals surface area contributed by atoms with Gasteiger partial charge in [-0.25, -0.2) is 9.59 Å². The van der Waals surface area contributed by atoms with Gasteiger partial charge >= 0.3 is 12.1 Å². The predicted octanol–water partition coefficient (Wildman–Crippen LogP) is 4.12. The highest BCUT2D eigenvalue weighted by Gasteiger charge is 2.27. The van der Waals surface area contributed by atoms with Gasteiger partial charge in [0.05, 0.1) is 0 Å². The number of fused-ring (bicyclic) bond motifs is 1. The van der Waals surface area contributed by atoms with Crippen LogP contribution < -0.4 is 5.32 Å². The number of hydrogen-bond donors (Lipinski definition) is 1. The van der Waals surface area contributed by atoms with Gasteiger partial charge in [-0.15, -0.1) is 0 Å². The molecule has 1 aromatic heterocycles. The quantitative estimate of drug-likeness (QED) is 0.632. The third kappa shape index (κ3) is 6.68. The van der Waals surface area contributed by atoms with Gasteiger partial charge in [0, 0.05) is 36.5 Å². The van der Waals surface area contributed by atoms with Crippen LogP contribution in [0.1, 0.15) is 65.7 Å². The van der Waals surface area contributed by atoms with E-state index < -0.39 is 17.7 Å². The summed E-state index contributed by atoms with van der Waals surface area (Å²) in [5, 5.41) is 2.71. The zero-order chi connectivity index (χ0) is 24.2. The largest absolute Gasteiger partial charge is 0.460 e. The van der Waals surface area contributed by atoms with E-state index in [1.54, 1.807) is 39.0 Å². The first-order chi connectivity index (χ1) is 15.5. The molecule has 178 valence electrons. The Labute approximate surface area is 194 Å². The van der Waals surface area contributed by atoms with Crippen molar-refractivity contribution in [2.75, 3.05) is 32.6 Å². The number of aromatic nitrogens is 1. The lowest BCUT2D eigenvalue weighted by Crippen LogP contribution is -2.27. The van der Waals surface area contributed by atoms with E-state index in [0.717, 1.165) is 24.1 Å². The predicted molar refractivity (Wildman–Crippen MR) is 126 cm³/mol. The third-order valence-corrected chi connectivity index (χ3v) is 5.25. The molecule has 1 N–H and O–H groups in total. The number of anilines is 1. The highest BCUT2D eigenvalue weighted by molar-refractivity contribution is 6.01. The van der Waals surface area contributed by atoms with E-state index >= 15 is 0 Å². The van der Waals surface area contributed by atoms with E-state index in [9.17, 15) is 14.4 Å². The summed E-state index contributed by atoms with van der Waals surface area (Å²) in [5.74, 6) is -0.364. The Morgan fingerprint density at radius 2 is 1.82 bits per heavy atom. The number of benzene rings is 1. The zero-order valence-corrected chi connectivity index (χ0v) is 20.1. The second kappa shape index (κ2) is 10.2. The van der Waals surface area contributed by atoms with Gasteiger partial charge in [-0.3, -0.25) is 10.1 Å². The minimum Gasteiger partial charge on any atom is -0.460 e. The molecule has 33 heavy (non-hydrogen) atoms. The maximum atomic E-state index is 12.8. The monoisotopic (exact) mass is 455 g/mol. The van der Waals surface area contributed by atoms with Crippen LogP contribution in [-0.2, 0) is 22.4 Å². The molecule has 0 saturated heterocycles. The van der Waals surface area contributed by atoms with Gasteiger partial charge in [0.15, 0.2) is 5.78 Å². The van der Waals surface area contributed by atoms with Crippen LogP contribution in [0.3, 0.4) is 0 Å². The number of likely N-dealkylation sites (N-methyl/N-ethyl adjacent to an activating group) is 1. The Hall–Kier alpha value is -3.13.